The Labute approximate surface area is 104 Å². The van der Waals surface area contributed by atoms with Crippen LogP contribution in [0.1, 0.15) is 30.5 Å². The predicted molar refractivity (Wildman–Crippen MR) is 75.2 cm³/mol. The third-order valence-corrected chi connectivity index (χ3v) is 4.17. The number of hydrogen-bond donors (Lipinski definition) is 1. The molecule has 0 heterocycles. The number of thioether (sulfide) groups is 1. The van der Waals surface area contributed by atoms with Gasteiger partial charge in [-0.2, -0.15) is 11.8 Å². The van der Waals surface area contributed by atoms with E-state index in [1.807, 2.05) is 11.8 Å². The van der Waals surface area contributed by atoms with Crippen molar-refractivity contribution in [2.45, 2.75) is 39.0 Å². The second-order valence-electron chi connectivity index (χ2n) is 5.00. The Bertz CT molecular complexity index is 345. The summed E-state index contributed by atoms with van der Waals surface area (Å²) in [5.74, 6) is 0. The van der Waals surface area contributed by atoms with Crippen molar-refractivity contribution in [3.8, 4) is 0 Å². The summed E-state index contributed by atoms with van der Waals surface area (Å²) >= 11 is 1.91. The molecule has 0 aliphatic heterocycles. The van der Waals surface area contributed by atoms with Crippen LogP contribution in [0, 0.1) is 13.8 Å². The van der Waals surface area contributed by atoms with E-state index in [-0.39, 0.29) is 0 Å². The lowest BCUT2D eigenvalue weighted by atomic mass is 10.1. The number of nitrogens with one attached hydrogen (secondary N) is 1. The SMILES string of the molecule is CSC(C)(C)CNCc1cc(C)ccc1C. The molecular weight excluding hydrogens is 214 g/mol. The maximum atomic E-state index is 3.54. The van der Waals surface area contributed by atoms with Gasteiger partial charge in [-0.1, -0.05) is 23.8 Å². The Balaban J connectivity index is 2.52. The molecule has 0 unspecified atom stereocenters. The summed E-state index contributed by atoms with van der Waals surface area (Å²) in [6, 6.07) is 6.64. The van der Waals surface area contributed by atoms with Gasteiger partial charge in [-0.3, -0.25) is 0 Å². The van der Waals surface area contributed by atoms with Crippen molar-refractivity contribution in [3.63, 3.8) is 0 Å². The minimum Gasteiger partial charge on any atom is -0.311 e. The normalized spacial score (nSPS) is 11.8. The van der Waals surface area contributed by atoms with Crippen LogP contribution in [0.5, 0.6) is 0 Å². The fourth-order valence-corrected chi connectivity index (χ4v) is 1.81. The number of benzene rings is 1. The molecule has 0 aromatic heterocycles. The smallest absolute Gasteiger partial charge is 0.0225 e. The van der Waals surface area contributed by atoms with E-state index < -0.39 is 0 Å². The van der Waals surface area contributed by atoms with E-state index in [1.165, 1.54) is 16.7 Å². The Hall–Kier alpha value is -0.470. The maximum absolute atomic E-state index is 3.54. The monoisotopic (exact) mass is 237 g/mol. The molecule has 90 valence electrons. The molecule has 0 bridgehead atoms. The van der Waals surface area contributed by atoms with Crippen LogP contribution in [0.15, 0.2) is 18.2 Å². The van der Waals surface area contributed by atoms with E-state index in [1.54, 1.807) is 0 Å². The van der Waals surface area contributed by atoms with Crippen molar-refractivity contribution in [2.75, 3.05) is 12.8 Å². The van der Waals surface area contributed by atoms with E-state index in [9.17, 15) is 0 Å². The van der Waals surface area contributed by atoms with Gasteiger partial charge in [0.15, 0.2) is 0 Å². The molecule has 1 aromatic rings. The van der Waals surface area contributed by atoms with Gasteiger partial charge in [-0.15, -0.1) is 0 Å². The molecule has 0 fully saturated rings. The van der Waals surface area contributed by atoms with Crippen LogP contribution in [0.3, 0.4) is 0 Å². The van der Waals surface area contributed by atoms with Crippen molar-refractivity contribution >= 4 is 11.8 Å². The topological polar surface area (TPSA) is 12.0 Å². The van der Waals surface area contributed by atoms with Gasteiger partial charge in [-0.05, 0) is 45.1 Å². The molecule has 1 rings (SSSR count). The van der Waals surface area contributed by atoms with Crippen molar-refractivity contribution in [3.05, 3.63) is 34.9 Å². The molecule has 0 amide bonds. The van der Waals surface area contributed by atoms with Crippen molar-refractivity contribution in [1.29, 1.82) is 0 Å². The molecule has 0 saturated carbocycles. The molecule has 0 aliphatic rings. The highest BCUT2D eigenvalue weighted by atomic mass is 32.2. The lowest BCUT2D eigenvalue weighted by Crippen LogP contribution is -2.31. The van der Waals surface area contributed by atoms with E-state index in [2.05, 4.69) is 57.5 Å². The molecule has 0 radical (unpaired) electrons. The van der Waals surface area contributed by atoms with Gasteiger partial charge in [0, 0.05) is 17.8 Å². The van der Waals surface area contributed by atoms with Gasteiger partial charge < -0.3 is 5.32 Å². The van der Waals surface area contributed by atoms with E-state index in [0.717, 1.165) is 13.1 Å². The molecular formula is C14H23NS. The summed E-state index contributed by atoms with van der Waals surface area (Å²) in [5, 5.41) is 3.54. The first-order chi connectivity index (χ1) is 7.44. The van der Waals surface area contributed by atoms with Gasteiger partial charge in [0.05, 0.1) is 0 Å². The second-order valence-corrected chi connectivity index (χ2v) is 6.51. The zero-order valence-corrected chi connectivity index (χ0v) is 11.9. The Kier molecular flexibility index (Phi) is 4.88. The molecule has 16 heavy (non-hydrogen) atoms. The summed E-state index contributed by atoms with van der Waals surface area (Å²) in [7, 11) is 0. The van der Waals surface area contributed by atoms with Crippen LogP contribution in [0.25, 0.3) is 0 Å². The van der Waals surface area contributed by atoms with Crippen molar-refractivity contribution < 1.29 is 0 Å². The molecule has 0 spiro atoms. The second kappa shape index (κ2) is 5.74. The third-order valence-electron chi connectivity index (χ3n) is 2.92. The van der Waals surface area contributed by atoms with Crippen LogP contribution < -0.4 is 5.32 Å². The molecule has 0 atom stereocenters. The van der Waals surface area contributed by atoms with Crippen LogP contribution >= 0.6 is 11.8 Å². The summed E-state index contributed by atoms with van der Waals surface area (Å²) in [6.45, 7) is 10.9. The first kappa shape index (κ1) is 13.6. The van der Waals surface area contributed by atoms with Gasteiger partial charge in [0.2, 0.25) is 0 Å². The Morgan fingerprint density at radius 1 is 1.25 bits per heavy atom. The lowest BCUT2D eigenvalue weighted by molar-refractivity contribution is 0.590. The number of hydrogen-bond acceptors (Lipinski definition) is 2. The highest BCUT2D eigenvalue weighted by Crippen LogP contribution is 2.20. The first-order valence-electron chi connectivity index (χ1n) is 5.76. The van der Waals surface area contributed by atoms with Gasteiger partial charge >= 0.3 is 0 Å². The summed E-state index contributed by atoms with van der Waals surface area (Å²) < 4.78 is 0.317. The third kappa shape index (κ3) is 4.18. The molecule has 1 N–H and O–H groups in total. The molecule has 1 nitrogen and oxygen atoms in total. The summed E-state index contributed by atoms with van der Waals surface area (Å²) in [6.07, 6.45) is 2.17. The average Bonchev–Trinajstić information content (AvgIpc) is 2.23. The number of aryl methyl sites for hydroxylation is 2. The van der Waals surface area contributed by atoms with E-state index >= 15 is 0 Å². The van der Waals surface area contributed by atoms with E-state index in [4.69, 9.17) is 0 Å². The largest absolute Gasteiger partial charge is 0.311 e. The van der Waals surface area contributed by atoms with Gasteiger partial charge in [0.1, 0.15) is 0 Å². The van der Waals surface area contributed by atoms with Gasteiger partial charge in [-0.25, -0.2) is 0 Å². The van der Waals surface area contributed by atoms with Crippen LogP contribution in [-0.4, -0.2) is 17.5 Å². The minimum atomic E-state index is 0.317. The predicted octanol–water partition coefficient (Wildman–Crippen LogP) is 3.53. The molecule has 0 aliphatic carbocycles. The zero-order chi connectivity index (χ0) is 12.2. The molecule has 1 aromatic carbocycles. The zero-order valence-electron chi connectivity index (χ0n) is 11.1. The number of rotatable bonds is 5. The van der Waals surface area contributed by atoms with Crippen LogP contribution in [0.2, 0.25) is 0 Å². The van der Waals surface area contributed by atoms with Crippen molar-refractivity contribution in [1.82, 2.24) is 5.32 Å². The Morgan fingerprint density at radius 2 is 1.94 bits per heavy atom. The summed E-state index contributed by atoms with van der Waals surface area (Å²) in [4.78, 5) is 0. The van der Waals surface area contributed by atoms with Crippen LogP contribution in [-0.2, 0) is 6.54 Å². The van der Waals surface area contributed by atoms with Crippen LogP contribution in [0.4, 0.5) is 0 Å². The highest BCUT2D eigenvalue weighted by Gasteiger charge is 2.14. The molecule has 2 heteroatoms. The molecule has 0 saturated heterocycles. The fourth-order valence-electron chi connectivity index (χ4n) is 1.56. The quantitative estimate of drug-likeness (QED) is 0.840. The standard InChI is InChI=1S/C14H23NS/c1-11-6-7-12(2)13(8-11)9-15-10-14(3,4)16-5/h6-8,15H,9-10H2,1-5H3. The van der Waals surface area contributed by atoms with Crippen molar-refractivity contribution in [2.24, 2.45) is 0 Å². The minimum absolute atomic E-state index is 0.317. The first-order valence-corrected chi connectivity index (χ1v) is 6.99. The van der Waals surface area contributed by atoms with Gasteiger partial charge in [0.25, 0.3) is 0 Å². The summed E-state index contributed by atoms with van der Waals surface area (Å²) in [5.41, 5.74) is 4.13. The lowest BCUT2D eigenvalue weighted by Gasteiger charge is -2.22. The Morgan fingerprint density at radius 3 is 2.56 bits per heavy atom. The average molecular weight is 237 g/mol. The van der Waals surface area contributed by atoms with E-state index in [0.29, 0.717) is 4.75 Å². The highest BCUT2D eigenvalue weighted by molar-refractivity contribution is 7.99. The maximum Gasteiger partial charge on any atom is 0.0225 e. The fraction of sp³-hybridized carbons (Fsp3) is 0.571.